The Kier molecular flexibility index (Phi) is 5.12. The van der Waals surface area contributed by atoms with E-state index in [9.17, 15) is 5.11 Å². The minimum Gasteiger partial charge on any atom is -0.493 e. The van der Waals surface area contributed by atoms with E-state index in [0.29, 0.717) is 24.5 Å². The lowest BCUT2D eigenvalue weighted by Gasteiger charge is -2.47. The molecule has 4 nitrogen and oxygen atoms in total. The van der Waals surface area contributed by atoms with E-state index in [1.165, 1.54) is 17.5 Å². The Hall–Kier alpha value is -1.26. The van der Waals surface area contributed by atoms with Crippen molar-refractivity contribution in [1.29, 1.82) is 0 Å². The van der Waals surface area contributed by atoms with Gasteiger partial charge in [0.1, 0.15) is 0 Å². The average molecular weight is 319 g/mol. The molecule has 1 saturated heterocycles. The molecule has 2 heterocycles. The molecule has 1 aromatic carbocycles. The van der Waals surface area contributed by atoms with Crippen molar-refractivity contribution in [3.63, 3.8) is 0 Å². The first kappa shape index (κ1) is 16.6. The molecule has 2 aliphatic heterocycles. The van der Waals surface area contributed by atoms with E-state index in [1.54, 1.807) is 14.2 Å². The van der Waals surface area contributed by atoms with Crippen molar-refractivity contribution in [2.45, 2.75) is 38.6 Å². The van der Waals surface area contributed by atoms with E-state index in [1.807, 2.05) is 0 Å². The fourth-order valence-electron chi connectivity index (χ4n) is 4.49. The monoisotopic (exact) mass is 319 g/mol. The third-order valence-corrected chi connectivity index (χ3v) is 5.80. The minimum absolute atomic E-state index is 0.298. The Labute approximate surface area is 139 Å². The molecule has 23 heavy (non-hydrogen) atoms. The molecule has 0 bridgehead atoms. The third-order valence-electron chi connectivity index (χ3n) is 5.80. The Morgan fingerprint density at radius 3 is 2.57 bits per heavy atom. The van der Waals surface area contributed by atoms with Crippen LogP contribution < -0.4 is 9.47 Å². The van der Waals surface area contributed by atoms with E-state index in [4.69, 9.17) is 9.47 Å². The van der Waals surface area contributed by atoms with Gasteiger partial charge in [-0.2, -0.15) is 0 Å². The molecular formula is C19H29NO3. The number of rotatable bonds is 5. The number of fused-ring (bicyclic) bond motifs is 3. The van der Waals surface area contributed by atoms with Crippen molar-refractivity contribution in [3.05, 3.63) is 23.3 Å². The van der Waals surface area contributed by atoms with Gasteiger partial charge in [0, 0.05) is 25.7 Å². The molecule has 0 radical (unpaired) electrons. The number of nitrogens with zero attached hydrogens (tertiary/aromatic N) is 1. The maximum Gasteiger partial charge on any atom is 0.161 e. The Morgan fingerprint density at radius 2 is 1.91 bits per heavy atom. The normalized spacial score (nSPS) is 27.2. The summed E-state index contributed by atoms with van der Waals surface area (Å²) < 4.78 is 11.0. The van der Waals surface area contributed by atoms with Crippen LogP contribution in [0.25, 0.3) is 0 Å². The summed E-state index contributed by atoms with van der Waals surface area (Å²) in [7, 11) is 3.40. The highest BCUT2D eigenvalue weighted by Crippen LogP contribution is 2.45. The molecule has 4 heteroatoms. The lowest BCUT2D eigenvalue weighted by atomic mass is 9.74. The smallest absolute Gasteiger partial charge is 0.161 e. The highest BCUT2D eigenvalue weighted by molar-refractivity contribution is 5.49. The Balaban J connectivity index is 1.92. The summed E-state index contributed by atoms with van der Waals surface area (Å²) in [6.07, 6.45) is 4.34. The zero-order chi connectivity index (χ0) is 16.4. The number of hydrogen-bond donors (Lipinski definition) is 1. The first-order valence-electron chi connectivity index (χ1n) is 8.81. The first-order valence-corrected chi connectivity index (χ1v) is 8.81. The van der Waals surface area contributed by atoms with Gasteiger partial charge < -0.3 is 14.6 Å². The highest BCUT2D eigenvalue weighted by atomic mass is 16.5. The molecule has 0 spiro atoms. The SMILES string of the molecule is CCC1CN2CCc3cc(OC)c(OC)cc3C2CC1CCO. The number of methoxy groups -OCH3 is 2. The van der Waals surface area contributed by atoms with Gasteiger partial charge in [-0.25, -0.2) is 0 Å². The molecule has 1 aromatic rings. The quantitative estimate of drug-likeness (QED) is 0.906. The van der Waals surface area contributed by atoms with Crippen LogP contribution in [0.4, 0.5) is 0 Å². The number of benzene rings is 1. The topological polar surface area (TPSA) is 41.9 Å². The van der Waals surface area contributed by atoms with Crippen LogP contribution in [0.3, 0.4) is 0 Å². The van der Waals surface area contributed by atoms with E-state index in [2.05, 4.69) is 24.0 Å². The van der Waals surface area contributed by atoms with Gasteiger partial charge in [0.15, 0.2) is 11.5 Å². The molecule has 0 aliphatic carbocycles. The molecule has 1 N–H and O–H groups in total. The van der Waals surface area contributed by atoms with Crippen LogP contribution in [0.5, 0.6) is 11.5 Å². The largest absolute Gasteiger partial charge is 0.493 e. The average Bonchev–Trinajstić information content (AvgIpc) is 2.60. The van der Waals surface area contributed by atoms with Crippen molar-refractivity contribution >= 4 is 0 Å². The first-order chi connectivity index (χ1) is 11.2. The molecule has 0 amide bonds. The van der Waals surface area contributed by atoms with Crippen molar-refractivity contribution < 1.29 is 14.6 Å². The van der Waals surface area contributed by atoms with Gasteiger partial charge in [0.25, 0.3) is 0 Å². The van der Waals surface area contributed by atoms with Crippen LogP contribution in [0.2, 0.25) is 0 Å². The predicted octanol–water partition coefficient (Wildman–Crippen LogP) is 3.03. The van der Waals surface area contributed by atoms with Crippen LogP contribution in [-0.2, 0) is 6.42 Å². The van der Waals surface area contributed by atoms with Crippen LogP contribution in [0, 0.1) is 11.8 Å². The summed E-state index contributed by atoms with van der Waals surface area (Å²) in [4.78, 5) is 2.64. The van der Waals surface area contributed by atoms with Crippen molar-refractivity contribution in [2.75, 3.05) is 33.9 Å². The summed E-state index contributed by atoms with van der Waals surface area (Å²) in [5, 5.41) is 9.42. The van der Waals surface area contributed by atoms with Gasteiger partial charge in [0.05, 0.1) is 14.2 Å². The molecule has 128 valence electrons. The molecular weight excluding hydrogens is 290 g/mol. The number of piperidine rings is 1. The fraction of sp³-hybridized carbons (Fsp3) is 0.684. The molecule has 0 aromatic heterocycles. The second kappa shape index (κ2) is 7.10. The minimum atomic E-state index is 0.298. The summed E-state index contributed by atoms with van der Waals surface area (Å²) in [6.45, 7) is 4.85. The second-order valence-corrected chi connectivity index (χ2v) is 6.84. The van der Waals surface area contributed by atoms with Crippen molar-refractivity contribution in [2.24, 2.45) is 11.8 Å². The zero-order valence-corrected chi connectivity index (χ0v) is 14.5. The maximum absolute atomic E-state index is 9.42. The molecule has 0 saturated carbocycles. The molecule has 3 atom stereocenters. The molecule has 3 unspecified atom stereocenters. The van der Waals surface area contributed by atoms with E-state index < -0.39 is 0 Å². The van der Waals surface area contributed by atoms with E-state index in [0.717, 1.165) is 43.9 Å². The van der Waals surface area contributed by atoms with Crippen LogP contribution in [-0.4, -0.2) is 43.9 Å². The van der Waals surface area contributed by atoms with Crippen LogP contribution in [0.1, 0.15) is 43.4 Å². The van der Waals surface area contributed by atoms with Gasteiger partial charge in [0.2, 0.25) is 0 Å². The van der Waals surface area contributed by atoms with E-state index in [-0.39, 0.29) is 0 Å². The van der Waals surface area contributed by atoms with Crippen LogP contribution in [0.15, 0.2) is 12.1 Å². The summed E-state index contributed by atoms with van der Waals surface area (Å²) >= 11 is 0. The summed E-state index contributed by atoms with van der Waals surface area (Å²) in [5.74, 6) is 2.98. The molecule has 1 fully saturated rings. The Morgan fingerprint density at radius 1 is 1.17 bits per heavy atom. The molecule has 3 rings (SSSR count). The number of hydrogen-bond acceptors (Lipinski definition) is 4. The van der Waals surface area contributed by atoms with Gasteiger partial charge in [-0.05, 0) is 54.4 Å². The zero-order valence-electron chi connectivity index (χ0n) is 14.5. The Bertz CT molecular complexity index is 546. The van der Waals surface area contributed by atoms with Gasteiger partial charge >= 0.3 is 0 Å². The van der Waals surface area contributed by atoms with Crippen LogP contribution >= 0.6 is 0 Å². The van der Waals surface area contributed by atoms with Gasteiger partial charge in [-0.15, -0.1) is 0 Å². The van der Waals surface area contributed by atoms with Gasteiger partial charge in [-0.3, -0.25) is 4.90 Å². The third kappa shape index (κ3) is 3.07. The highest BCUT2D eigenvalue weighted by Gasteiger charge is 2.38. The second-order valence-electron chi connectivity index (χ2n) is 6.84. The van der Waals surface area contributed by atoms with Crippen molar-refractivity contribution in [1.82, 2.24) is 4.90 Å². The summed E-state index contributed by atoms with van der Waals surface area (Å²) in [5.41, 5.74) is 2.79. The van der Waals surface area contributed by atoms with E-state index >= 15 is 0 Å². The number of ether oxygens (including phenoxy) is 2. The number of aliphatic hydroxyl groups excluding tert-OH is 1. The van der Waals surface area contributed by atoms with Crippen molar-refractivity contribution in [3.8, 4) is 11.5 Å². The standard InChI is InChI=1S/C19H29NO3/c1-4-13-12-20-7-5-15-10-18(22-2)19(23-3)11-16(15)17(20)9-14(13)6-8-21/h10-11,13-14,17,21H,4-9,12H2,1-3H3. The summed E-state index contributed by atoms with van der Waals surface area (Å²) in [6, 6.07) is 4.78. The van der Waals surface area contributed by atoms with Gasteiger partial charge in [-0.1, -0.05) is 13.3 Å². The lowest BCUT2D eigenvalue weighted by molar-refractivity contribution is 0.0409. The lowest BCUT2D eigenvalue weighted by Crippen LogP contribution is -2.46. The maximum atomic E-state index is 9.42. The predicted molar refractivity (Wildman–Crippen MR) is 91.2 cm³/mol. The molecule has 2 aliphatic rings. The fourth-order valence-corrected chi connectivity index (χ4v) is 4.49. The number of aliphatic hydroxyl groups is 1.